The summed E-state index contributed by atoms with van der Waals surface area (Å²) >= 11 is 0. The second kappa shape index (κ2) is 9.59. The first-order valence-electron chi connectivity index (χ1n) is 9.74. The van der Waals surface area contributed by atoms with E-state index in [4.69, 9.17) is 4.74 Å². The van der Waals surface area contributed by atoms with Gasteiger partial charge in [0.2, 0.25) is 9.84 Å². The van der Waals surface area contributed by atoms with Gasteiger partial charge < -0.3 is 9.64 Å². The van der Waals surface area contributed by atoms with Gasteiger partial charge in [-0.1, -0.05) is 48.5 Å². The third-order valence-electron chi connectivity index (χ3n) is 4.69. The number of sulfone groups is 1. The minimum atomic E-state index is -3.58. The molecule has 0 bridgehead atoms. The van der Waals surface area contributed by atoms with Gasteiger partial charge in [-0.25, -0.2) is 8.42 Å². The molecule has 5 nitrogen and oxygen atoms in total. The van der Waals surface area contributed by atoms with Gasteiger partial charge in [0.05, 0.1) is 9.79 Å². The molecule has 156 valence electrons. The molecule has 0 heterocycles. The maximum absolute atomic E-state index is 12.7. The predicted molar refractivity (Wildman–Crippen MR) is 116 cm³/mol. The van der Waals surface area contributed by atoms with Gasteiger partial charge >= 0.3 is 0 Å². The number of hydrogen-bond donors (Lipinski definition) is 0. The maximum Gasteiger partial charge on any atom is 0.261 e. The molecule has 3 aromatic rings. The molecule has 0 aliphatic carbocycles. The topological polar surface area (TPSA) is 63.7 Å². The summed E-state index contributed by atoms with van der Waals surface area (Å²) in [4.78, 5) is 14.9. The number of rotatable bonds is 8. The molecule has 3 rings (SSSR count). The highest BCUT2D eigenvalue weighted by atomic mass is 32.2. The summed E-state index contributed by atoms with van der Waals surface area (Å²) in [7, 11) is -3.58. The van der Waals surface area contributed by atoms with Crippen molar-refractivity contribution in [3.63, 3.8) is 0 Å². The van der Waals surface area contributed by atoms with Crippen LogP contribution in [0, 0.1) is 0 Å². The van der Waals surface area contributed by atoms with Crippen molar-refractivity contribution in [2.75, 3.05) is 6.61 Å². The van der Waals surface area contributed by atoms with Crippen molar-refractivity contribution in [3.8, 4) is 5.75 Å². The van der Waals surface area contributed by atoms with Gasteiger partial charge in [-0.05, 0) is 55.8 Å². The fraction of sp³-hybridized carbons (Fsp3) is 0.208. The first-order chi connectivity index (χ1) is 14.4. The van der Waals surface area contributed by atoms with Gasteiger partial charge in [-0.15, -0.1) is 0 Å². The van der Waals surface area contributed by atoms with Gasteiger partial charge in [0.25, 0.3) is 5.91 Å². The van der Waals surface area contributed by atoms with E-state index in [2.05, 4.69) is 0 Å². The van der Waals surface area contributed by atoms with Crippen LogP contribution in [-0.2, 0) is 21.2 Å². The summed E-state index contributed by atoms with van der Waals surface area (Å²) in [5.41, 5.74) is 1.05. The Morgan fingerprint density at radius 2 is 1.37 bits per heavy atom. The average Bonchev–Trinajstić information content (AvgIpc) is 2.77. The molecule has 0 fully saturated rings. The number of hydrogen-bond acceptors (Lipinski definition) is 4. The molecule has 0 unspecified atom stereocenters. The number of ether oxygens (including phenoxy) is 1. The third-order valence-corrected chi connectivity index (χ3v) is 6.47. The fourth-order valence-electron chi connectivity index (χ4n) is 3.02. The molecular weight excluding hydrogens is 398 g/mol. The van der Waals surface area contributed by atoms with Crippen LogP contribution in [0.4, 0.5) is 0 Å². The van der Waals surface area contributed by atoms with E-state index < -0.39 is 9.84 Å². The normalized spacial score (nSPS) is 11.3. The zero-order valence-electron chi connectivity index (χ0n) is 17.1. The molecule has 3 aromatic carbocycles. The molecular formula is C24H25NO4S. The summed E-state index contributed by atoms with van der Waals surface area (Å²) < 4.78 is 30.9. The van der Waals surface area contributed by atoms with E-state index in [-0.39, 0.29) is 28.3 Å². The minimum absolute atomic E-state index is 0.0275. The van der Waals surface area contributed by atoms with Crippen LogP contribution in [0.1, 0.15) is 19.4 Å². The Labute approximate surface area is 177 Å². The molecule has 0 atom stereocenters. The van der Waals surface area contributed by atoms with Gasteiger partial charge in [-0.3, -0.25) is 4.79 Å². The third kappa shape index (κ3) is 5.27. The first-order valence-corrected chi connectivity index (χ1v) is 11.2. The first kappa shape index (κ1) is 21.6. The second-order valence-corrected chi connectivity index (χ2v) is 9.13. The quantitative estimate of drug-likeness (QED) is 0.541. The van der Waals surface area contributed by atoms with Crippen LogP contribution < -0.4 is 4.74 Å². The molecule has 0 N–H and O–H groups in total. The van der Waals surface area contributed by atoms with Crippen molar-refractivity contribution in [2.45, 2.75) is 36.2 Å². The largest absolute Gasteiger partial charge is 0.484 e. The van der Waals surface area contributed by atoms with Crippen LogP contribution >= 0.6 is 0 Å². The Bertz CT molecular complexity index is 1060. The smallest absolute Gasteiger partial charge is 0.261 e. The van der Waals surface area contributed by atoms with Crippen LogP contribution in [0.25, 0.3) is 0 Å². The standard InChI is InChI=1S/C24H25NO4S/c1-19(2)25(17-20-9-5-3-6-10-20)24(26)18-29-21-13-15-23(16-14-21)30(27,28)22-11-7-4-8-12-22/h3-16,19H,17-18H2,1-2H3. The summed E-state index contributed by atoms with van der Waals surface area (Å²) in [6.45, 7) is 4.32. The Morgan fingerprint density at radius 3 is 1.93 bits per heavy atom. The minimum Gasteiger partial charge on any atom is -0.484 e. The molecule has 0 saturated heterocycles. The highest BCUT2D eigenvalue weighted by Crippen LogP contribution is 2.23. The van der Waals surface area contributed by atoms with Gasteiger partial charge in [-0.2, -0.15) is 0 Å². The summed E-state index contributed by atoms with van der Waals surface area (Å²) in [6, 6.07) is 24.2. The van der Waals surface area contributed by atoms with E-state index in [1.807, 2.05) is 44.2 Å². The molecule has 0 aromatic heterocycles. The van der Waals surface area contributed by atoms with E-state index in [1.165, 1.54) is 12.1 Å². The van der Waals surface area contributed by atoms with Crippen molar-refractivity contribution >= 4 is 15.7 Å². The van der Waals surface area contributed by atoms with E-state index >= 15 is 0 Å². The summed E-state index contributed by atoms with van der Waals surface area (Å²) in [5.74, 6) is 0.314. The lowest BCUT2D eigenvalue weighted by Gasteiger charge is -2.27. The monoisotopic (exact) mass is 423 g/mol. The van der Waals surface area contributed by atoms with E-state index in [9.17, 15) is 13.2 Å². The number of nitrogens with zero attached hydrogens (tertiary/aromatic N) is 1. The predicted octanol–water partition coefficient (Wildman–Crippen LogP) is 4.34. The Morgan fingerprint density at radius 1 is 0.833 bits per heavy atom. The molecule has 0 radical (unpaired) electrons. The van der Waals surface area contributed by atoms with Crippen molar-refractivity contribution in [1.82, 2.24) is 4.90 Å². The summed E-state index contributed by atoms with van der Waals surface area (Å²) in [6.07, 6.45) is 0. The van der Waals surface area contributed by atoms with Crippen LogP contribution in [0.3, 0.4) is 0 Å². The molecule has 30 heavy (non-hydrogen) atoms. The SMILES string of the molecule is CC(C)N(Cc1ccccc1)C(=O)COc1ccc(S(=O)(=O)c2ccccc2)cc1. The van der Waals surface area contributed by atoms with Crippen molar-refractivity contribution in [1.29, 1.82) is 0 Å². The van der Waals surface area contributed by atoms with Crippen molar-refractivity contribution in [2.24, 2.45) is 0 Å². The van der Waals surface area contributed by atoms with E-state index in [0.717, 1.165) is 5.56 Å². The zero-order chi connectivity index (χ0) is 21.6. The average molecular weight is 424 g/mol. The maximum atomic E-state index is 12.7. The molecule has 0 spiro atoms. The van der Waals surface area contributed by atoms with Crippen molar-refractivity contribution < 1.29 is 17.9 Å². The molecule has 0 aliphatic rings. The molecule has 1 amide bonds. The van der Waals surface area contributed by atoms with Crippen LogP contribution in [0.2, 0.25) is 0 Å². The Balaban J connectivity index is 1.64. The number of carbonyl (C=O) groups is 1. The van der Waals surface area contributed by atoms with Crippen molar-refractivity contribution in [3.05, 3.63) is 90.5 Å². The zero-order valence-corrected chi connectivity index (χ0v) is 17.9. The molecule has 0 aliphatic heterocycles. The number of amides is 1. The highest BCUT2D eigenvalue weighted by Gasteiger charge is 2.19. The van der Waals surface area contributed by atoms with Crippen LogP contribution in [0.15, 0.2) is 94.7 Å². The highest BCUT2D eigenvalue weighted by molar-refractivity contribution is 7.91. The second-order valence-electron chi connectivity index (χ2n) is 7.18. The number of benzene rings is 3. The van der Waals surface area contributed by atoms with E-state index in [0.29, 0.717) is 12.3 Å². The van der Waals surface area contributed by atoms with Gasteiger partial charge in [0.1, 0.15) is 5.75 Å². The van der Waals surface area contributed by atoms with Gasteiger partial charge in [0.15, 0.2) is 6.61 Å². The van der Waals surface area contributed by atoms with Gasteiger partial charge in [0, 0.05) is 12.6 Å². The Hall–Kier alpha value is -3.12. The van der Waals surface area contributed by atoms with Crippen LogP contribution in [0.5, 0.6) is 5.75 Å². The summed E-state index contributed by atoms with van der Waals surface area (Å²) in [5, 5.41) is 0. The molecule has 6 heteroatoms. The number of carbonyl (C=O) groups excluding carboxylic acids is 1. The fourth-order valence-corrected chi connectivity index (χ4v) is 4.30. The lowest BCUT2D eigenvalue weighted by Crippen LogP contribution is -2.39. The molecule has 0 saturated carbocycles. The lowest BCUT2D eigenvalue weighted by atomic mass is 10.2. The Kier molecular flexibility index (Phi) is 6.90. The van der Waals surface area contributed by atoms with E-state index in [1.54, 1.807) is 47.4 Å². The van der Waals surface area contributed by atoms with Crippen LogP contribution in [-0.4, -0.2) is 31.9 Å². The lowest BCUT2D eigenvalue weighted by molar-refractivity contribution is -0.135.